The predicted octanol–water partition coefficient (Wildman–Crippen LogP) is 4.12. The first-order chi connectivity index (χ1) is 18.0. The van der Waals surface area contributed by atoms with Gasteiger partial charge < -0.3 is 31.0 Å². The molecule has 0 spiro atoms. The molecule has 0 saturated heterocycles. The molecule has 1 unspecified atom stereocenters. The van der Waals surface area contributed by atoms with E-state index in [4.69, 9.17) is 31.1 Å². The maximum atomic E-state index is 13.3. The topological polar surface area (TPSA) is 150 Å². The number of amidine groups is 1. The maximum absolute atomic E-state index is 13.3. The zero-order chi connectivity index (χ0) is 27.9. The lowest BCUT2D eigenvalue weighted by atomic mass is 9.85. The van der Waals surface area contributed by atoms with Crippen LogP contribution in [0.15, 0.2) is 66.7 Å². The molecular weight excluding hydrogens is 484 g/mol. The Labute approximate surface area is 222 Å². The Morgan fingerprint density at radius 1 is 1.00 bits per heavy atom. The molecule has 0 fully saturated rings. The number of carbonyl (C=O) groups is 2. The zero-order valence-corrected chi connectivity index (χ0v) is 22.0. The van der Waals surface area contributed by atoms with Crippen LogP contribution in [0.5, 0.6) is 17.2 Å². The van der Waals surface area contributed by atoms with Gasteiger partial charge in [0.15, 0.2) is 11.5 Å². The van der Waals surface area contributed by atoms with Crippen molar-refractivity contribution in [3.05, 3.63) is 83.4 Å². The van der Waals surface area contributed by atoms with Gasteiger partial charge in [-0.1, -0.05) is 18.2 Å². The number of carbonyl (C=O) groups excluding carboxylic acids is 2. The summed E-state index contributed by atoms with van der Waals surface area (Å²) >= 11 is 0. The molecule has 3 aromatic rings. The summed E-state index contributed by atoms with van der Waals surface area (Å²) in [5, 5.41) is 10.4. The summed E-state index contributed by atoms with van der Waals surface area (Å²) in [6, 6.07) is 18.8. The second-order valence-electron chi connectivity index (χ2n) is 9.05. The number of hydrogen-bond acceptors (Lipinski definition) is 6. The molecule has 0 radical (unpaired) electrons. The van der Waals surface area contributed by atoms with Gasteiger partial charge in [-0.25, -0.2) is 0 Å². The molecule has 9 nitrogen and oxygen atoms in total. The Balaban J connectivity index is 2.16. The van der Waals surface area contributed by atoms with Crippen molar-refractivity contribution in [1.82, 2.24) is 0 Å². The van der Waals surface area contributed by atoms with Crippen molar-refractivity contribution >= 4 is 23.3 Å². The van der Waals surface area contributed by atoms with E-state index >= 15 is 0 Å². The third kappa shape index (κ3) is 6.82. The van der Waals surface area contributed by atoms with E-state index in [1.807, 2.05) is 26.8 Å². The van der Waals surface area contributed by atoms with Gasteiger partial charge >= 0.3 is 0 Å². The summed E-state index contributed by atoms with van der Waals surface area (Å²) in [7, 11) is 0. The Kier molecular flexibility index (Phi) is 8.96. The van der Waals surface area contributed by atoms with Crippen LogP contribution < -0.4 is 31.0 Å². The fourth-order valence-electron chi connectivity index (χ4n) is 4.01. The van der Waals surface area contributed by atoms with Gasteiger partial charge in [-0.15, -0.1) is 0 Å². The van der Waals surface area contributed by atoms with Crippen molar-refractivity contribution in [2.45, 2.75) is 45.8 Å². The van der Waals surface area contributed by atoms with E-state index in [0.29, 0.717) is 46.2 Å². The van der Waals surface area contributed by atoms with Gasteiger partial charge in [0, 0.05) is 30.2 Å². The van der Waals surface area contributed by atoms with Crippen LogP contribution in [0.2, 0.25) is 0 Å². The van der Waals surface area contributed by atoms with E-state index < -0.39 is 11.5 Å². The minimum atomic E-state index is -1.66. The maximum Gasteiger partial charge on any atom is 0.266 e. The van der Waals surface area contributed by atoms with Crippen molar-refractivity contribution in [3.8, 4) is 17.2 Å². The average Bonchev–Trinajstić information content (AvgIpc) is 2.84. The molecule has 1 atom stereocenters. The molecule has 38 heavy (non-hydrogen) atoms. The summed E-state index contributed by atoms with van der Waals surface area (Å²) in [5.74, 6) is 0.307. The molecule has 0 aliphatic heterocycles. The molecular formula is C29H34N4O5. The Bertz CT molecular complexity index is 1310. The van der Waals surface area contributed by atoms with Crippen molar-refractivity contribution in [2.24, 2.45) is 11.5 Å². The number of rotatable bonds is 12. The highest BCUT2D eigenvalue weighted by Crippen LogP contribution is 2.38. The highest BCUT2D eigenvalue weighted by Gasteiger charge is 2.42. The first kappa shape index (κ1) is 28.0. The largest absolute Gasteiger partial charge is 0.490 e. The Hall–Kier alpha value is -4.53. The minimum absolute atomic E-state index is 0.0557. The van der Waals surface area contributed by atoms with E-state index in [-0.39, 0.29) is 24.3 Å². The number of nitrogens with one attached hydrogen (secondary N) is 2. The number of amides is 2. The number of benzene rings is 3. The van der Waals surface area contributed by atoms with Crippen molar-refractivity contribution in [1.29, 1.82) is 5.41 Å². The highest BCUT2D eigenvalue weighted by atomic mass is 16.5. The minimum Gasteiger partial charge on any atom is -0.490 e. The molecule has 0 saturated carbocycles. The summed E-state index contributed by atoms with van der Waals surface area (Å²) in [6.45, 7) is 7.48. The van der Waals surface area contributed by atoms with E-state index in [0.717, 1.165) is 0 Å². The first-order valence-corrected chi connectivity index (χ1v) is 12.3. The van der Waals surface area contributed by atoms with Gasteiger partial charge in [0.05, 0.1) is 12.7 Å². The number of ether oxygens (including phenoxy) is 3. The SMILES string of the molecule is CCOc1cc(C(Cc2cccc(NC(C)=O)c2)(Oc2ccc(C(=N)N)cc2)C(N)=O)ccc1OC(C)C. The molecule has 2 amide bonds. The number of primary amides is 1. The molecule has 3 aromatic carbocycles. The van der Waals surface area contributed by atoms with Crippen LogP contribution in [-0.2, 0) is 21.6 Å². The fourth-order valence-corrected chi connectivity index (χ4v) is 4.01. The normalized spacial score (nSPS) is 12.3. The van der Waals surface area contributed by atoms with Crippen LogP contribution >= 0.6 is 0 Å². The van der Waals surface area contributed by atoms with Crippen LogP contribution in [0.1, 0.15) is 44.4 Å². The number of nitrogens with two attached hydrogens (primary N) is 2. The van der Waals surface area contributed by atoms with Crippen LogP contribution in [0.25, 0.3) is 0 Å². The average molecular weight is 519 g/mol. The van der Waals surface area contributed by atoms with Crippen molar-refractivity contribution in [3.63, 3.8) is 0 Å². The predicted molar refractivity (Wildman–Crippen MR) is 147 cm³/mol. The number of nitrogen functional groups attached to an aromatic ring is 1. The highest BCUT2D eigenvalue weighted by molar-refractivity contribution is 5.95. The summed E-state index contributed by atoms with van der Waals surface area (Å²) in [5.41, 5.74) is 12.3. The lowest BCUT2D eigenvalue weighted by Crippen LogP contribution is -2.48. The smallest absolute Gasteiger partial charge is 0.266 e. The Morgan fingerprint density at radius 3 is 2.29 bits per heavy atom. The second-order valence-corrected chi connectivity index (χ2v) is 9.05. The molecule has 200 valence electrons. The van der Waals surface area contributed by atoms with Crippen molar-refractivity contribution < 1.29 is 23.8 Å². The molecule has 3 rings (SSSR count). The quantitative estimate of drug-likeness (QED) is 0.209. The molecule has 0 heterocycles. The van der Waals surface area contributed by atoms with Gasteiger partial charge in [-0.3, -0.25) is 15.0 Å². The zero-order valence-electron chi connectivity index (χ0n) is 22.0. The molecule has 0 aliphatic carbocycles. The first-order valence-electron chi connectivity index (χ1n) is 12.3. The van der Waals surface area contributed by atoms with Gasteiger partial charge in [0.1, 0.15) is 11.6 Å². The van der Waals surface area contributed by atoms with E-state index in [2.05, 4.69) is 5.32 Å². The Morgan fingerprint density at radius 2 is 1.71 bits per heavy atom. The lowest BCUT2D eigenvalue weighted by molar-refractivity contribution is -0.134. The monoisotopic (exact) mass is 518 g/mol. The summed E-state index contributed by atoms with van der Waals surface area (Å²) < 4.78 is 18.1. The third-order valence-electron chi connectivity index (χ3n) is 5.63. The van der Waals surface area contributed by atoms with E-state index in [9.17, 15) is 9.59 Å². The van der Waals surface area contributed by atoms with Gasteiger partial charge in [0.2, 0.25) is 11.5 Å². The van der Waals surface area contributed by atoms with Crippen LogP contribution in [-0.4, -0.2) is 30.4 Å². The molecule has 6 N–H and O–H groups in total. The number of anilines is 1. The van der Waals surface area contributed by atoms with E-state index in [1.165, 1.54) is 6.92 Å². The summed E-state index contributed by atoms with van der Waals surface area (Å²) in [6.07, 6.45) is -0.0336. The third-order valence-corrected chi connectivity index (χ3v) is 5.63. The molecule has 0 aromatic heterocycles. The van der Waals surface area contributed by atoms with Gasteiger partial charge in [-0.2, -0.15) is 0 Å². The van der Waals surface area contributed by atoms with Crippen LogP contribution in [0.3, 0.4) is 0 Å². The van der Waals surface area contributed by atoms with Crippen molar-refractivity contribution in [2.75, 3.05) is 11.9 Å². The van der Waals surface area contributed by atoms with Gasteiger partial charge in [0.25, 0.3) is 5.91 Å². The van der Waals surface area contributed by atoms with Gasteiger partial charge in [-0.05, 0) is 74.9 Å². The number of hydrogen-bond donors (Lipinski definition) is 4. The molecule has 0 aliphatic rings. The van der Waals surface area contributed by atoms with Crippen LogP contribution in [0, 0.1) is 5.41 Å². The molecule has 0 bridgehead atoms. The standard InChI is InChI=1S/C29H34N4O5/c1-5-36-26-16-22(11-14-25(26)37-18(2)3)29(28(32)35,38-24-12-9-21(10-13-24)27(30)31)17-20-7-6-8-23(15-20)33-19(4)34/h6-16,18H,5,17H2,1-4H3,(H3,30,31)(H2,32,35)(H,33,34). The molecule has 9 heteroatoms. The van der Waals surface area contributed by atoms with Crippen LogP contribution in [0.4, 0.5) is 5.69 Å². The second kappa shape index (κ2) is 12.1. The lowest BCUT2D eigenvalue weighted by Gasteiger charge is -2.33. The fraction of sp³-hybridized carbons (Fsp3) is 0.276. The van der Waals surface area contributed by atoms with E-state index in [1.54, 1.807) is 60.7 Å². The summed E-state index contributed by atoms with van der Waals surface area (Å²) in [4.78, 5) is 24.9.